The van der Waals surface area contributed by atoms with Crippen LogP contribution in [0.3, 0.4) is 0 Å². The van der Waals surface area contributed by atoms with Gasteiger partial charge in [-0.1, -0.05) is 49.6 Å². The van der Waals surface area contributed by atoms with Gasteiger partial charge in [0.05, 0.1) is 17.8 Å². The number of hydrogen-bond acceptors (Lipinski definition) is 11. The number of benzene rings is 2. The summed E-state index contributed by atoms with van der Waals surface area (Å²) < 4.78 is 0. The normalized spacial score (nSPS) is 19.2. The summed E-state index contributed by atoms with van der Waals surface area (Å²) >= 11 is 1.35. The van der Waals surface area contributed by atoms with Gasteiger partial charge >= 0.3 is 5.97 Å². The van der Waals surface area contributed by atoms with E-state index >= 15 is 0 Å². The van der Waals surface area contributed by atoms with Crippen LogP contribution in [0.1, 0.15) is 115 Å². The predicted molar refractivity (Wildman–Crippen MR) is 217 cm³/mol. The number of rotatable bonds is 23. The molecule has 2 aromatic carbocycles. The molecule has 0 spiro atoms. The maximum atomic E-state index is 13.1. The Morgan fingerprint density at radius 1 is 0.695 bits per heavy atom. The molecule has 59 heavy (non-hydrogen) atoms. The van der Waals surface area contributed by atoms with Gasteiger partial charge in [-0.2, -0.15) is 0 Å². The lowest BCUT2D eigenvalue weighted by Crippen LogP contribution is -2.37. The molecule has 1 atom stereocenters. The fraction of sp³-hybridized carbons (Fsp3) is 0.535. The average Bonchev–Trinajstić information content (AvgIpc) is 3.69. The molecule has 16 heteroatoms. The van der Waals surface area contributed by atoms with Crippen LogP contribution in [-0.4, -0.2) is 75.6 Å². The van der Waals surface area contributed by atoms with Crippen LogP contribution in [0.2, 0.25) is 0 Å². The second-order valence-electron chi connectivity index (χ2n) is 15.3. The molecule has 0 bridgehead atoms. The minimum Gasteiger partial charge on any atom is -0.356 e. The average molecular weight is 834 g/mol. The van der Waals surface area contributed by atoms with Crippen molar-refractivity contribution in [3.63, 3.8) is 0 Å². The molecule has 3 aliphatic rings. The number of hydrogen-bond donors (Lipinski definition) is 3. The number of thioether (sulfide) groups is 1. The van der Waals surface area contributed by atoms with Crippen LogP contribution >= 0.6 is 11.8 Å². The van der Waals surface area contributed by atoms with E-state index in [0.717, 1.165) is 48.3 Å². The first-order valence-corrected chi connectivity index (χ1v) is 21.6. The number of nitrogens with zero attached hydrogens (tertiary/aromatic N) is 2. The lowest BCUT2D eigenvalue weighted by atomic mass is 9.82. The van der Waals surface area contributed by atoms with E-state index in [1.807, 2.05) is 54.6 Å². The Kier molecular flexibility index (Phi) is 17.9. The van der Waals surface area contributed by atoms with Gasteiger partial charge in [-0.3, -0.25) is 43.3 Å². The first-order chi connectivity index (χ1) is 28.5. The number of unbranched alkanes of at least 4 members (excludes halogenated alkanes) is 5. The van der Waals surface area contributed by atoms with Crippen LogP contribution in [-0.2, 0) is 54.6 Å². The molecule has 15 nitrogen and oxygen atoms in total. The van der Waals surface area contributed by atoms with Crippen molar-refractivity contribution < 1.29 is 48.0 Å². The summed E-state index contributed by atoms with van der Waals surface area (Å²) in [6, 6.07) is 16.8. The number of likely N-dealkylation sites (tertiary alicyclic amines) is 1. The maximum absolute atomic E-state index is 13.1. The minimum absolute atomic E-state index is 0.0162. The molecule has 5 rings (SSSR count). The largest absolute Gasteiger partial charge is 0.356 e. The van der Waals surface area contributed by atoms with Crippen molar-refractivity contribution in [1.29, 1.82) is 0 Å². The molecule has 1 saturated carbocycles. The van der Waals surface area contributed by atoms with Crippen molar-refractivity contribution in [2.75, 3.05) is 18.4 Å². The third-order valence-electron chi connectivity index (χ3n) is 10.7. The summed E-state index contributed by atoms with van der Waals surface area (Å²) in [5.74, 6) is -2.37. The first-order valence-electron chi connectivity index (χ1n) is 20.8. The van der Waals surface area contributed by atoms with E-state index in [4.69, 9.17) is 9.68 Å². The standard InChI is InChI=1S/C43H55N5O10S/c49-36(44-28-30-16-20-32(21-17-30)43(56)58-48-39(52)24-25-40(48)53)13-9-4-10-26-47-41(54)27-35(42(47)55)59-34-22-18-31(19-23-34)29-57-46-38(51)15-8-2-1-7-14-37(50)45-33-11-5-3-6-12-33/h3,5-6,11-12,18-19,22-23,30,32,35H,1-2,4,7-10,13-17,20-21,24-29H2,(H,44,49)(H,45,50)(H,46,51). The van der Waals surface area contributed by atoms with Crippen molar-refractivity contribution in [2.24, 2.45) is 11.8 Å². The molecule has 3 N–H and O–H groups in total. The van der Waals surface area contributed by atoms with Crippen molar-refractivity contribution in [1.82, 2.24) is 20.8 Å². The van der Waals surface area contributed by atoms with E-state index in [-0.39, 0.29) is 67.2 Å². The van der Waals surface area contributed by atoms with Crippen molar-refractivity contribution >= 4 is 64.8 Å². The molecule has 7 amide bonds. The smallest absolute Gasteiger partial charge is 0.336 e. The number of nitrogens with one attached hydrogen (secondary N) is 3. The second kappa shape index (κ2) is 23.5. The Morgan fingerprint density at radius 3 is 2.00 bits per heavy atom. The highest BCUT2D eigenvalue weighted by molar-refractivity contribution is 8.00. The fourth-order valence-corrected chi connectivity index (χ4v) is 8.31. The molecule has 2 saturated heterocycles. The summed E-state index contributed by atoms with van der Waals surface area (Å²) in [5, 5.41) is 5.93. The van der Waals surface area contributed by atoms with E-state index in [1.54, 1.807) is 0 Å². The number of carbonyl (C=O) groups excluding carboxylic acids is 8. The van der Waals surface area contributed by atoms with Gasteiger partial charge in [-0.05, 0) is 87.1 Å². The number of imide groups is 2. The predicted octanol–water partition coefficient (Wildman–Crippen LogP) is 5.52. The second-order valence-corrected chi connectivity index (χ2v) is 16.6. The van der Waals surface area contributed by atoms with Gasteiger partial charge in [0.1, 0.15) is 0 Å². The van der Waals surface area contributed by atoms with Crippen LogP contribution < -0.4 is 16.1 Å². The summed E-state index contributed by atoms with van der Waals surface area (Å²) in [6.07, 6.45) is 9.03. The summed E-state index contributed by atoms with van der Waals surface area (Å²) in [4.78, 5) is 111. The minimum atomic E-state index is -0.555. The maximum Gasteiger partial charge on any atom is 0.336 e. The van der Waals surface area contributed by atoms with Crippen LogP contribution in [0.15, 0.2) is 59.5 Å². The number of amides is 7. The lowest BCUT2D eigenvalue weighted by Gasteiger charge is -2.28. The molecule has 2 aromatic rings. The zero-order valence-corrected chi connectivity index (χ0v) is 34.3. The van der Waals surface area contributed by atoms with Crippen LogP contribution in [0.4, 0.5) is 5.69 Å². The topological polar surface area (TPSA) is 198 Å². The summed E-state index contributed by atoms with van der Waals surface area (Å²) in [5.41, 5.74) is 4.10. The van der Waals surface area contributed by atoms with Gasteiger partial charge in [0.25, 0.3) is 11.8 Å². The number of anilines is 1. The molecule has 3 fully saturated rings. The van der Waals surface area contributed by atoms with Crippen LogP contribution in [0.5, 0.6) is 0 Å². The summed E-state index contributed by atoms with van der Waals surface area (Å²) in [6.45, 7) is 1.01. The van der Waals surface area contributed by atoms with E-state index in [1.165, 1.54) is 16.7 Å². The fourth-order valence-electron chi connectivity index (χ4n) is 7.23. The van der Waals surface area contributed by atoms with E-state index < -0.39 is 23.0 Å². The molecule has 0 aromatic heterocycles. The van der Waals surface area contributed by atoms with Crippen LogP contribution in [0.25, 0.3) is 0 Å². The van der Waals surface area contributed by atoms with Gasteiger partial charge in [0.15, 0.2) is 0 Å². The zero-order valence-electron chi connectivity index (χ0n) is 33.5. The Labute approximate surface area is 349 Å². The lowest BCUT2D eigenvalue weighted by molar-refractivity contribution is -0.201. The molecule has 318 valence electrons. The van der Waals surface area contributed by atoms with Gasteiger partial charge < -0.3 is 15.5 Å². The Morgan fingerprint density at radius 2 is 1.32 bits per heavy atom. The van der Waals surface area contributed by atoms with Gasteiger partial charge in [-0.15, -0.1) is 16.8 Å². The van der Waals surface area contributed by atoms with Gasteiger partial charge in [0, 0.05) is 62.2 Å². The van der Waals surface area contributed by atoms with Crippen molar-refractivity contribution in [3.05, 3.63) is 60.2 Å². The quantitative estimate of drug-likeness (QED) is 0.0724. The zero-order chi connectivity index (χ0) is 42.0. The molecule has 2 heterocycles. The highest BCUT2D eigenvalue weighted by Crippen LogP contribution is 2.32. The molecule has 1 aliphatic carbocycles. The monoisotopic (exact) mass is 833 g/mol. The Balaban J connectivity index is 0.861. The van der Waals surface area contributed by atoms with E-state index in [9.17, 15) is 38.4 Å². The van der Waals surface area contributed by atoms with Crippen molar-refractivity contribution in [2.45, 2.75) is 126 Å². The number of para-hydroxylation sites is 1. The molecule has 2 aliphatic heterocycles. The van der Waals surface area contributed by atoms with Crippen LogP contribution in [0, 0.1) is 11.8 Å². The number of carbonyl (C=O) groups is 8. The van der Waals surface area contributed by atoms with Gasteiger partial charge in [0.2, 0.25) is 29.5 Å². The number of hydroxylamine groups is 3. The SMILES string of the molecule is O=C(CCCCCN1C(=O)CC(Sc2ccc(CONC(=O)CCCCCCC(=O)Nc3ccccc3)cc2)C1=O)NCC1CCC(C(=O)ON2C(=O)CCC2=O)CC1. The van der Waals surface area contributed by atoms with Gasteiger partial charge in [-0.25, -0.2) is 10.3 Å². The Hall–Kier alpha value is -5.09. The molecule has 1 unspecified atom stereocenters. The molecule has 0 radical (unpaired) electrons. The highest BCUT2D eigenvalue weighted by Gasteiger charge is 2.39. The molecular weight excluding hydrogens is 779 g/mol. The van der Waals surface area contributed by atoms with E-state index in [0.29, 0.717) is 75.9 Å². The van der Waals surface area contributed by atoms with Crippen molar-refractivity contribution in [3.8, 4) is 0 Å². The highest BCUT2D eigenvalue weighted by atomic mass is 32.2. The third kappa shape index (κ3) is 14.9. The first kappa shape index (κ1) is 45.0. The molecular formula is C43H55N5O10S. The van der Waals surface area contributed by atoms with E-state index in [2.05, 4.69) is 16.1 Å². The summed E-state index contributed by atoms with van der Waals surface area (Å²) in [7, 11) is 0. The Bertz CT molecular complexity index is 1770. The third-order valence-corrected chi connectivity index (χ3v) is 11.9.